The lowest BCUT2D eigenvalue weighted by atomic mass is 10.1. The second-order valence-electron chi connectivity index (χ2n) is 6.60. The highest BCUT2D eigenvalue weighted by atomic mass is 31.2. The zero-order valence-corrected chi connectivity index (χ0v) is 16.5. The predicted molar refractivity (Wildman–Crippen MR) is 90.3 cm³/mol. The molecule has 0 bridgehead atoms. The second kappa shape index (κ2) is 11.6. The van der Waals surface area contributed by atoms with Gasteiger partial charge in [0.15, 0.2) is 0 Å². The first-order valence-corrected chi connectivity index (χ1v) is 10.0. The number of hydrogen-bond donors (Lipinski definition) is 0. The zero-order chi connectivity index (χ0) is 18.8. The molecule has 0 rings (SSSR count). The fraction of sp³-hybridized carbons (Fsp3) is 0.875. The van der Waals surface area contributed by atoms with E-state index in [1.165, 1.54) is 0 Å². The third-order valence-electron chi connectivity index (χ3n) is 3.06. The van der Waals surface area contributed by atoms with Crippen LogP contribution in [-0.2, 0) is 32.7 Å². The van der Waals surface area contributed by atoms with Crippen LogP contribution in [0.25, 0.3) is 0 Å². The van der Waals surface area contributed by atoms with Crippen molar-refractivity contribution in [1.82, 2.24) is 0 Å². The van der Waals surface area contributed by atoms with Crippen LogP contribution in [0.15, 0.2) is 0 Å². The number of hydrogen-bond acceptors (Lipinski definition) is 7. The Bertz CT molecular complexity index is 402. The van der Waals surface area contributed by atoms with Crippen molar-refractivity contribution in [2.45, 2.75) is 54.4 Å². The Morgan fingerprint density at radius 2 is 1.25 bits per heavy atom. The molecular weight excluding hydrogens is 335 g/mol. The van der Waals surface area contributed by atoms with Gasteiger partial charge in [-0.05, 0) is 12.3 Å². The molecule has 8 heteroatoms. The molecule has 0 unspecified atom stereocenters. The minimum atomic E-state index is -3.50. The average Bonchev–Trinajstić information content (AvgIpc) is 2.46. The lowest BCUT2D eigenvalue weighted by molar-refractivity contribution is -0.156. The minimum Gasteiger partial charge on any atom is -0.438 e. The number of carbonyl (C=O) groups is 2. The van der Waals surface area contributed by atoms with Gasteiger partial charge in [0, 0.05) is 0 Å². The summed E-state index contributed by atoms with van der Waals surface area (Å²) in [7, 11) is -3.50. The third-order valence-corrected chi connectivity index (χ3v) is 4.92. The lowest BCUT2D eigenvalue weighted by Crippen LogP contribution is -2.16. The highest BCUT2D eigenvalue weighted by molar-refractivity contribution is 7.53. The molecule has 0 aromatic carbocycles. The minimum absolute atomic E-state index is 0.170. The SMILES string of the molecule is CC(C)CCCP(=O)(OCOC(=O)C(C)C)OCOC(=O)C(C)C. The first-order valence-electron chi connectivity index (χ1n) is 8.28. The number of ether oxygens (including phenoxy) is 2. The molecule has 0 fully saturated rings. The van der Waals surface area contributed by atoms with Gasteiger partial charge >= 0.3 is 19.5 Å². The van der Waals surface area contributed by atoms with E-state index < -0.39 is 33.1 Å². The lowest BCUT2D eigenvalue weighted by Gasteiger charge is -2.19. The normalized spacial score (nSPS) is 12.0. The summed E-state index contributed by atoms with van der Waals surface area (Å²) < 4.78 is 32.8. The monoisotopic (exact) mass is 366 g/mol. The van der Waals surface area contributed by atoms with Crippen LogP contribution in [0.4, 0.5) is 0 Å². The van der Waals surface area contributed by atoms with Gasteiger partial charge in [0.25, 0.3) is 0 Å². The molecule has 0 aromatic heterocycles. The summed E-state index contributed by atoms with van der Waals surface area (Å²) in [6.07, 6.45) is 1.66. The van der Waals surface area contributed by atoms with Crippen LogP contribution in [0.5, 0.6) is 0 Å². The van der Waals surface area contributed by atoms with E-state index in [1.54, 1.807) is 27.7 Å². The highest BCUT2D eigenvalue weighted by Gasteiger charge is 2.26. The van der Waals surface area contributed by atoms with Crippen molar-refractivity contribution < 1.29 is 32.7 Å². The molecule has 142 valence electrons. The van der Waals surface area contributed by atoms with E-state index in [0.717, 1.165) is 6.42 Å². The van der Waals surface area contributed by atoms with Crippen molar-refractivity contribution in [2.24, 2.45) is 17.8 Å². The van der Waals surface area contributed by atoms with Gasteiger partial charge in [-0.3, -0.25) is 23.2 Å². The standard InChI is InChI=1S/C16H31O7P/c1-12(2)8-7-9-24(19,22-10-20-15(17)13(3)4)23-11-21-16(18)14(5)6/h12-14H,7-11H2,1-6H3. The van der Waals surface area contributed by atoms with Gasteiger partial charge in [-0.2, -0.15) is 0 Å². The number of esters is 2. The largest absolute Gasteiger partial charge is 0.438 e. The Labute approximate surface area is 144 Å². The summed E-state index contributed by atoms with van der Waals surface area (Å²) in [4.78, 5) is 22.8. The molecular formula is C16H31O7P. The summed E-state index contributed by atoms with van der Waals surface area (Å²) in [5.41, 5.74) is 0. The molecule has 0 spiro atoms. The molecule has 24 heavy (non-hydrogen) atoms. The van der Waals surface area contributed by atoms with E-state index in [-0.39, 0.29) is 18.0 Å². The van der Waals surface area contributed by atoms with Gasteiger partial charge in [0.2, 0.25) is 13.6 Å². The van der Waals surface area contributed by atoms with Crippen molar-refractivity contribution in [2.75, 3.05) is 19.7 Å². The van der Waals surface area contributed by atoms with Gasteiger partial charge in [0.1, 0.15) is 0 Å². The second-order valence-corrected chi connectivity index (χ2v) is 8.79. The van der Waals surface area contributed by atoms with Crippen molar-refractivity contribution in [3.05, 3.63) is 0 Å². The first-order chi connectivity index (χ1) is 11.1. The molecule has 0 saturated heterocycles. The Morgan fingerprint density at radius 3 is 1.58 bits per heavy atom. The van der Waals surface area contributed by atoms with Gasteiger partial charge < -0.3 is 9.47 Å². The summed E-state index contributed by atoms with van der Waals surface area (Å²) in [6.45, 7) is 9.96. The van der Waals surface area contributed by atoms with E-state index >= 15 is 0 Å². The quantitative estimate of drug-likeness (QED) is 0.293. The maximum absolute atomic E-state index is 12.7. The van der Waals surface area contributed by atoms with E-state index in [1.807, 2.05) is 0 Å². The molecule has 0 radical (unpaired) electrons. The van der Waals surface area contributed by atoms with Crippen molar-refractivity contribution >= 4 is 19.5 Å². The van der Waals surface area contributed by atoms with E-state index in [4.69, 9.17) is 18.5 Å². The van der Waals surface area contributed by atoms with Gasteiger partial charge in [-0.1, -0.05) is 48.0 Å². The maximum atomic E-state index is 12.7. The molecule has 0 aliphatic heterocycles. The number of rotatable bonds is 12. The molecule has 0 aromatic rings. The fourth-order valence-electron chi connectivity index (χ4n) is 1.52. The fourth-order valence-corrected chi connectivity index (χ4v) is 2.85. The molecule has 0 aliphatic carbocycles. The van der Waals surface area contributed by atoms with Gasteiger partial charge in [-0.25, -0.2) is 0 Å². The van der Waals surface area contributed by atoms with Gasteiger partial charge in [0.05, 0.1) is 18.0 Å². The third kappa shape index (κ3) is 10.8. The Morgan fingerprint density at radius 1 is 0.833 bits per heavy atom. The van der Waals surface area contributed by atoms with Crippen LogP contribution in [0, 0.1) is 17.8 Å². The molecule has 0 aliphatic rings. The average molecular weight is 366 g/mol. The Balaban J connectivity index is 4.50. The number of carbonyl (C=O) groups excluding carboxylic acids is 2. The maximum Gasteiger partial charge on any atom is 0.336 e. The molecule has 0 N–H and O–H groups in total. The van der Waals surface area contributed by atoms with Crippen LogP contribution in [-0.4, -0.2) is 31.7 Å². The summed E-state index contributed by atoms with van der Waals surface area (Å²) in [5, 5.41) is 0. The summed E-state index contributed by atoms with van der Waals surface area (Å²) in [6, 6.07) is 0. The van der Waals surface area contributed by atoms with Crippen LogP contribution in [0.3, 0.4) is 0 Å². The van der Waals surface area contributed by atoms with Crippen molar-refractivity contribution in [3.8, 4) is 0 Å². The predicted octanol–water partition coefficient (Wildman–Crippen LogP) is 3.96. The van der Waals surface area contributed by atoms with E-state index in [2.05, 4.69) is 13.8 Å². The van der Waals surface area contributed by atoms with Crippen LogP contribution in [0.2, 0.25) is 0 Å². The Kier molecular flexibility index (Phi) is 11.2. The van der Waals surface area contributed by atoms with Crippen LogP contribution < -0.4 is 0 Å². The molecule has 0 saturated carbocycles. The molecule has 7 nitrogen and oxygen atoms in total. The van der Waals surface area contributed by atoms with Crippen LogP contribution in [0.1, 0.15) is 54.4 Å². The van der Waals surface area contributed by atoms with Gasteiger partial charge in [-0.15, -0.1) is 0 Å². The smallest absolute Gasteiger partial charge is 0.336 e. The van der Waals surface area contributed by atoms with E-state index in [0.29, 0.717) is 12.3 Å². The van der Waals surface area contributed by atoms with Crippen molar-refractivity contribution in [1.29, 1.82) is 0 Å². The van der Waals surface area contributed by atoms with Crippen molar-refractivity contribution in [3.63, 3.8) is 0 Å². The summed E-state index contributed by atoms with van der Waals surface area (Å²) in [5.74, 6) is -1.05. The van der Waals surface area contributed by atoms with Crippen LogP contribution >= 0.6 is 7.60 Å². The molecule has 0 heterocycles. The first kappa shape index (κ1) is 23.1. The zero-order valence-electron chi connectivity index (χ0n) is 15.6. The molecule has 0 amide bonds. The highest BCUT2D eigenvalue weighted by Crippen LogP contribution is 2.49. The Hall–Kier alpha value is -0.910. The van der Waals surface area contributed by atoms with E-state index in [9.17, 15) is 14.2 Å². The summed E-state index contributed by atoms with van der Waals surface area (Å²) >= 11 is 0. The topological polar surface area (TPSA) is 88.1 Å². The molecule has 0 atom stereocenters.